The molecule has 2 heterocycles. The molecule has 2 nitrogen and oxygen atoms in total. The molecule has 1 aliphatic rings. The van der Waals surface area contributed by atoms with Crippen molar-refractivity contribution in [1.82, 2.24) is 9.88 Å². The van der Waals surface area contributed by atoms with Gasteiger partial charge in [-0.05, 0) is 36.1 Å². The molecule has 0 N–H and O–H groups in total. The van der Waals surface area contributed by atoms with Gasteiger partial charge in [0.15, 0.2) is 0 Å². The molecule has 3 rings (SSSR count). The number of nitrogens with zero attached hydrogens (tertiary/aromatic N) is 2. The topological polar surface area (TPSA) is 16.1 Å². The summed E-state index contributed by atoms with van der Waals surface area (Å²) >= 11 is 6.17. The summed E-state index contributed by atoms with van der Waals surface area (Å²) in [6.07, 6.45) is 4.76. The first kappa shape index (κ1) is 12.6. The predicted octanol–water partition coefficient (Wildman–Crippen LogP) is 3.72. The third-order valence-electron chi connectivity index (χ3n) is 3.79. The summed E-state index contributed by atoms with van der Waals surface area (Å²) in [5, 5.41) is 0.769. The van der Waals surface area contributed by atoms with Gasteiger partial charge in [0.1, 0.15) is 0 Å². The molecule has 0 amide bonds. The maximum absolute atomic E-state index is 6.17. The van der Waals surface area contributed by atoms with E-state index in [1.54, 1.807) is 6.20 Å². The van der Waals surface area contributed by atoms with Crippen LogP contribution in [0, 0.1) is 0 Å². The fraction of sp³-hybridized carbons (Fsp3) is 0.312. The van der Waals surface area contributed by atoms with Crippen LogP contribution in [0.3, 0.4) is 0 Å². The van der Waals surface area contributed by atoms with E-state index in [4.69, 9.17) is 11.6 Å². The Hall–Kier alpha value is -1.38. The van der Waals surface area contributed by atoms with Crippen molar-refractivity contribution >= 4 is 11.6 Å². The zero-order chi connectivity index (χ0) is 13.1. The van der Waals surface area contributed by atoms with Crippen LogP contribution < -0.4 is 0 Å². The number of likely N-dealkylation sites (tertiary alicyclic amines) is 1. The van der Waals surface area contributed by atoms with Gasteiger partial charge in [0, 0.05) is 25.5 Å². The van der Waals surface area contributed by atoms with Gasteiger partial charge in [-0.15, -0.1) is 0 Å². The van der Waals surface area contributed by atoms with E-state index in [-0.39, 0.29) is 0 Å². The van der Waals surface area contributed by atoms with Crippen LogP contribution in [0.5, 0.6) is 0 Å². The van der Waals surface area contributed by atoms with Crippen molar-refractivity contribution in [3.05, 3.63) is 64.9 Å². The summed E-state index contributed by atoms with van der Waals surface area (Å²) in [5.74, 6) is 0.654. The molecule has 0 spiro atoms. The highest BCUT2D eigenvalue weighted by Gasteiger charge is 2.23. The minimum Gasteiger partial charge on any atom is -0.298 e. The van der Waals surface area contributed by atoms with E-state index in [1.165, 1.54) is 17.5 Å². The second-order valence-corrected chi connectivity index (χ2v) is 5.51. The van der Waals surface area contributed by atoms with Crippen LogP contribution >= 0.6 is 11.6 Å². The van der Waals surface area contributed by atoms with Crippen LogP contribution in [0.4, 0.5) is 0 Å². The van der Waals surface area contributed by atoms with Crippen LogP contribution in [-0.4, -0.2) is 23.0 Å². The number of aromatic nitrogens is 1. The lowest BCUT2D eigenvalue weighted by atomic mass is 9.99. The summed E-state index contributed by atoms with van der Waals surface area (Å²) in [4.78, 5) is 6.50. The fourth-order valence-electron chi connectivity index (χ4n) is 2.75. The third kappa shape index (κ3) is 2.96. The third-order valence-corrected chi connectivity index (χ3v) is 4.13. The van der Waals surface area contributed by atoms with Crippen LogP contribution in [0.25, 0.3) is 0 Å². The number of halogens is 1. The Morgan fingerprint density at radius 3 is 2.84 bits per heavy atom. The van der Waals surface area contributed by atoms with Gasteiger partial charge in [-0.1, -0.05) is 41.9 Å². The fourth-order valence-corrected chi connectivity index (χ4v) is 2.93. The zero-order valence-corrected chi connectivity index (χ0v) is 11.6. The highest BCUT2D eigenvalue weighted by Crippen LogP contribution is 2.28. The summed E-state index contributed by atoms with van der Waals surface area (Å²) in [6.45, 7) is 3.17. The van der Waals surface area contributed by atoms with Gasteiger partial charge in [-0.3, -0.25) is 9.88 Å². The average Bonchev–Trinajstić information content (AvgIpc) is 2.91. The molecule has 0 saturated carbocycles. The molecule has 3 heteroatoms. The van der Waals surface area contributed by atoms with E-state index in [1.807, 2.05) is 12.3 Å². The number of hydrogen-bond acceptors (Lipinski definition) is 2. The summed E-state index contributed by atoms with van der Waals surface area (Å²) in [6, 6.07) is 12.8. The minimum atomic E-state index is 0.654. The first-order valence-electron chi connectivity index (χ1n) is 6.68. The molecule has 0 radical (unpaired) electrons. The van der Waals surface area contributed by atoms with E-state index < -0.39 is 0 Å². The van der Waals surface area contributed by atoms with Crippen molar-refractivity contribution < 1.29 is 0 Å². The van der Waals surface area contributed by atoms with E-state index >= 15 is 0 Å². The summed E-state index contributed by atoms with van der Waals surface area (Å²) in [7, 11) is 0. The number of rotatable bonds is 3. The summed E-state index contributed by atoms with van der Waals surface area (Å²) < 4.78 is 0. The number of hydrogen-bond donors (Lipinski definition) is 0. The molecule has 1 atom stereocenters. The molecule has 1 aliphatic heterocycles. The Kier molecular flexibility index (Phi) is 3.81. The molecule has 2 aromatic rings. The van der Waals surface area contributed by atoms with E-state index in [0.29, 0.717) is 5.92 Å². The van der Waals surface area contributed by atoms with Crippen molar-refractivity contribution in [2.24, 2.45) is 0 Å². The van der Waals surface area contributed by atoms with Gasteiger partial charge in [0.05, 0.1) is 5.02 Å². The maximum atomic E-state index is 6.17. The largest absolute Gasteiger partial charge is 0.298 e. The van der Waals surface area contributed by atoms with Gasteiger partial charge >= 0.3 is 0 Å². The molecule has 1 saturated heterocycles. The number of pyridine rings is 1. The smallest absolute Gasteiger partial charge is 0.0634 e. The van der Waals surface area contributed by atoms with Crippen molar-refractivity contribution in [3.63, 3.8) is 0 Å². The first-order valence-corrected chi connectivity index (χ1v) is 7.06. The maximum Gasteiger partial charge on any atom is 0.0634 e. The van der Waals surface area contributed by atoms with E-state index in [9.17, 15) is 0 Å². The molecule has 19 heavy (non-hydrogen) atoms. The van der Waals surface area contributed by atoms with E-state index in [0.717, 1.165) is 24.7 Å². The SMILES string of the molecule is Clc1cnccc1CN1CC[C@@H](c2ccccc2)C1. The van der Waals surface area contributed by atoms with Crippen LogP contribution in [-0.2, 0) is 6.54 Å². The summed E-state index contributed by atoms with van der Waals surface area (Å²) in [5.41, 5.74) is 2.62. The lowest BCUT2D eigenvalue weighted by Gasteiger charge is -2.16. The molecule has 0 aliphatic carbocycles. The lowest BCUT2D eigenvalue weighted by Crippen LogP contribution is -2.20. The van der Waals surface area contributed by atoms with Crippen molar-refractivity contribution in [1.29, 1.82) is 0 Å². The Bertz CT molecular complexity index is 541. The molecule has 0 unspecified atom stereocenters. The Balaban J connectivity index is 1.65. The molecule has 1 aromatic heterocycles. The van der Waals surface area contributed by atoms with E-state index in [2.05, 4.69) is 40.2 Å². The second kappa shape index (κ2) is 5.72. The predicted molar refractivity (Wildman–Crippen MR) is 78.3 cm³/mol. The van der Waals surface area contributed by atoms with Gasteiger partial charge in [0.2, 0.25) is 0 Å². The second-order valence-electron chi connectivity index (χ2n) is 5.10. The monoisotopic (exact) mass is 272 g/mol. The molecule has 1 fully saturated rings. The van der Waals surface area contributed by atoms with Gasteiger partial charge in [0.25, 0.3) is 0 Å². The Morgan fingerprint density at radius 2 is 2.05 bits per heavy atom. The van der Waals surface area contributed by atoms with Crippen molar-refractivity contribution in [2.45, 2.75) is 18.9 Å². The molecule has 0 bridgehead atoms. The van der Waals surface area contributed by atoms with Crippen LogP contribution in [0.2, 0.25) is 5.02 Å². The van der Waals surface area contributed by atoms with Gasteiger partial charge in [-0.2, -0.15) is 0 Å². The zero-order valence-electron chi connectivity index (χ0n) is 10.8. The van der Waals surface area contributed by atoms with Crippen molar-refractivity contribution in [3.8, 4) is 0 Å². The lowest BCUT2D eigenvalue weighted by molar-refractivity contribution is 0.327. The van der Waals surface area contributed by atoms with Crippen LogP contribution in [0.1, 0.15) is 23.5 Å². The quantitative estimate of drug-likeness (QED) is 0.846. The van der Waals surface area contributed by atoms with Gasteiger partial charge in [-0.25, -0.2) is 0 Å². The highest BCUT2D eigenvalue weighted by molar-refractivity contribution is 6.31. The Morgan fingerprint density at radius 1 is 1.21 bits per heavy atom. The molecular formula is C16H17ClN2. The molecule has 1 aromatic carbocycles. The first-order chi connectivity index (χ1) is 9.33. The molecular weight excluding hydrogens is 256 g/mol. The highest BCUT2D eigenvalue weighted by atomic mass is 35.5. The molecule has 98 valence electrons. The Labute approximate surface area is 119 Å². The average molecular weight is 273 g/mol. The minimum absolute atomic E-state index is 0.654. The standard InChI is InChI=1S/C16H17ClN2/c17-16-10-18-8-6-15(16)12-19-9-7-14(11-19)13-4-2-1-3-5-13/h1-6,8,10,14H,7,9,11-12H2/t14-/m1/s1. The van der Waals surface area contributed by atoms with Gasteiger partial charge < -0.3 is 0 Å². The van der Waals surface area contributed by atoms with Crippen LogP contribution in [0.15, 0.2) is 48.8 Å². The number of benzene rings is 1. The van der Waals surface area contributed by atoms with Crippen molar-refractivity contribution in [2.75, 3.05) is 13.1 Å². The normalized spacial score (nSPS) is 19.7.